The van der Waals surface area contributed by atoms with Crippen LogP contribution in [0.25, 0.3) is 0 Å². The molecule has 1 heterocycles. The predicted octanol–water partition coefficient (Wildman–Crippen LogP) is 0.0872. The van der Waals surface area contributed by atoms with E-state index in [0.29, 0.717) is 12.0 Å². The van der Waals surface area contributed by atoms with Gasteiger partial charge in [-0.3, -0.25) is 14.4 Å². The van der Waals surface area contributed by atoms with Crippen LogP contribution in [0.2, 0.25) is 0 Å². The number of amides is 1. The predicted molar refractivity (Wildman–Crippen MR) is 70.0 cm³/mol. The van der Waals surface area contributed by atoms with Gasteiger partial charge in [0.05, 0.1) is 12.8 Å². The molecule has 2 aliphatic rings. The number of nitrogens with zero attached hydrogens (tertiary/aromatic N) is 1. The van der Waals surface area contributed by atoms with Crippen molar-refractivity contribution in [2.45, 2.75) is 25.6 Å². The lowest BCUT2D eigenvalue weighted by Gasteiger charge is -2.36. The molecule has 1 fully saturated rings. The second-order valence-corrected chi connectivity index (χ2v) is 4.75. The smallest absolute Gasteiger partial charge is 0.267 e. The summed E-state index contributed by atoms with van der Waals surface area (Å²) < 4.78 is 0. The van der Waals surface area contributed by atoms with Gasteiger partial charge in [-0.05, 0) is 18.1 Å². The van der Waals surface area contributed by atoms with Crippen LogP contribution in [0.4, 0.5) is 0 Å². The van der Waals surface area contributed by atoms with Gasteiger partial charge in [0.2, 0.25) is 0 Å². The van der Waals surface area contributed by atoms with Crippen molar-refractivity contribution in [2.75, 3.05) is 7.11 Å². The molecule has 0 saturated carbocycles. The average molecular weight is 279 g/mol. The van der Waals surface area contributed by atoms with E-state index in [1.807, 2.05) is 6.92 Å². The van der Waals surface area contributed by atoms with E-state index in [-0.39, 0.29) is 5.70 Å². The maximum absolute atomic E-state index is 12.6. The summed E-state index contributed by atoms with van der Waals surface area (Å²) in [5, 5.41) is 21.5. The largest absolute Gasteiger partial charge is 0.385 e. The Morgan fingerprint density at radius 1 is 1.40 bits per heavy atom. The molecule has 6 nitrogen and oxygen atoms in total. The molecule has 0 bridgehead atoms. The van der Waals surface area contributed by atoms with Gasteiger partial charge in [-0.25, -0.2) is 0 Å². The minimum atomic E-state index is -1.77. The highest BCUT2D eigenvalue weighted by molar-refractivity contribution is 6.05. The summed E-state index contributed by atoms with van der Waals surface area (Å²) in [5.41, 5.74) is -1.37. The Labute approximate surface area is 116 Å². The fourth-order valence-electron chi connectivity index (χ4n) is 2.78. The number of ketones is 1. The summed E-state index contributed by atoms with van der Waals surface area (Å²) in [5.74, 6) is -1.32. The molecule has 0 aromatic rings. The van der Waals surface area contributed by atoms with Crippen LogP contribution in [-0.4, -0.2) is 46.3 Å². The summed E-state index contributed by atoms with van der Waals surface area (Å²) in [6, 6.07) is 0. The summed E-state index contributed by atoms with van der Waals surface area (Å²) >= 11 is 0. The number of carbonyl (C=O) groups excluding carboxylic acids is 2. The second-order valence-electron chi connectivity index (χ2n) is 4.75. The van der Waals surface area contributed by atoms with Gasteiger partial charge in [-0.15, -0.1) is 0 Å². The van der Waals surface area contributed by atoms with Crippen molar-refractivity contribution in [3.8, 4) is 0 Å². The molecule has 0 radical (unpaired) electrons. The summed E-state index contributed by atoms with van der Waals surface area (Å²) in [7, 11) is 1.25. The SMILES string of the molecule is C=C1C(O)[C@@]2(C(=O)N1OC)/C(=C/CC)C=CC(=O)C2O. The van der Waals surface area contributed by atoms with E-state index in [4.69, 9.17) is 4.84 Å². The Bertz CT molecular complexity index is 536. The van der Waals surface area contributed by atoms with Crippen LogP contribution in [0.5, 0.6) is 0 Å². The van der Waals surface area contributed by atoms with Gasteiger partial charge in [0.1, 0.15) is 17.6 Å². The molecule has 1 saturated heterocycles. The molecular weight excluding hydrogens is 262 g/mol. The average Bonchev–Trinajstić information content (AvgIpc) is 2.61. The first-order chi connectivity index (χ1) is 9.42. The number of hydrogen-bond donors (Lipinski definition) is 2. The van der Waals surface area contributed by atoms with Crippen LogP contribution >= 0.6 is 0 Å². The number of hydroxylamine groups is 2. The number of rotatable bonds is 2. The Morgan fingerprint density at radius 3 is 2.55 bits per heavy atom. The number of hydrogen-bond acceptors (Lipinski definition) is 5. The fraction of sp³-hybridized carbons (Fsp3) is 0.429. The molecule has 20 heavy (non-hydrogen) atoms. The topological polar surface area (TPSA) is 87.1 Å². The molecular formula is C14H17NO5. The van der Waals surface area contributed by atoms with Gasteiger partial charge >= 0.3 is 0 Å². The number of carbonyl (C=O) groups is 2. The van der Waals surface area contributed by atoms with Crippen LogP contribution < -0.4 is 0 Å². The van der Waals surface area contributed by atoms with Crippen LogP contribution in [0.3, 0.4) is 0 Å². The minimum Gasteiger partial charge on any atom is -0.385 e. The van der Waals surface area contributed by atoms with Crippen molar-refractivity contribution in [3.05, 3.63) is 36.1 Å². The van der Waals surface area contributed by atoms with E-state index in [0.717, 1.165) is 5.06 Å². The first kappa shape index (κ1) is 14.6. The maximum Gasteiger partial charge on any atom is 0.267 e. The number of aliphatic hydroxyl groups excluding tert-OH is 2. The first-order valence-electron chi connectivity index (χ1n) is 6.29. The van der Waals surface area contributed by atoms with E-state index in [9.17, 15) is 19.8 Å². The Kier molecular flexibility index (Phi) is 3.64. The van der Waals surface area contributed by atoms with E-state index < -0.39 is 29.3 Å². The highest BCUT2D eigenvalue weighted by atomic mass is 16.7. The van der Waals surface area contributed by atoms with Gasteiger partial charge in [0, 0.05) is 0 Å². The standard InChI is InChI=1S/C14H17NO5/c1-4-5-9-6-7-10(16)12(18)14(9)11(17)8(2)15(20-3)13(14)19/h5-7,11-12,17-18H,2,4H2,1,3H3/b9-5+/t11?,12?,14-/m0/s1. The molecule has 6 heteroatoms. The second kappa shape index (κ2) is 4.97. The van der Waals surface area contributed by atoms with Crippen molar-refractivity contribution in [1.29, 1.82) is 0 Å². The molecule has 1 aliphatic heterocycles. The van der Waals surface area contributed by atoms with Crippen molar-refractivity contribution < 1.29 is 24.6 Å². The van der Waals surface area contributed by atoms with Gasteiger partial charge in [0.15, 0.2) is 5.78 Å². The lowest BCUT2D eigenvalue weighted by molar-refractivity contribution is -0.171. The summed E-state index contributed by atoms with van der Waals surface area (Å²) in [6.07, 6.45) is 1.85. The van der Waals surface area contributed by atoms with Crippen molar-refractivity contribution >= 4 is 11.7 Å². The van der Waals surface area contributed by atoms with Gasteiger partial charge < -0.3 is 10.2 Å². The number of aliphatic hydroxyl groups is 2. The third kappa shape index (κ3) is 1.62. The lowest BCUT2D eigenvalue weighted by atomic mass is 9.67. The molecule has 1 amide bonds. The van der Waals surface area contributed by atoms with Crippen LogP contribution in [0.1, 0.15) is 13.3 Å². The Balaban J connectivity index is 2.68. The molecule has 2 unspecified atom stereocenters. The fourth-order valence-corrected chi connectivity index (χ4v) is 2.78. The van der Waals surface area contributed by atoms with Gasteiger partial charge in [-0.1, -0.05) is 25.7 Å². The number of allylic oxidation sites excluding steroid dienone is 2. The molecule has 108 valence electrons. The normalized spacial score (nSPS) is 35.7. The highest BCUT2D eigenvalue weighted by Crippen LogP contribution is 2.49. The molecule has 0 aromatic carbocycles. The van der Waals surface area contributed by atoms with Crippen molar-refractivity contribution in [1.82, 2.24) is 5.06 Å². The van der Waals surface area contributed by atoms with Crippen LogP contribution in [0.15, 0.2) is 36.1 Å². The van der Waals surface area contributed by atoms with E-state index in [1.165, 1.54) is 19.3 Å². The molecule has 1 spiro atoms. The maximum atomic E-state index is 12.6. The monoisotopic (exact) mass is 279 g/mol. The Morgan fingerprint density at radius 2 is 2.05 bits per heavy atom. The van der Waals surface area contributed by atoms with E-state index in [2.05, 4.69) is 6.58 Å². The third-order valence-corrected chi connectivity index (χ3v) is 3.76. The summed E-state index contributed by atoms with van der Waals surface area (Å²) in [6.45, 7) is 5.45. The molecule has 1 aliphatic carbocycles. The van der Waals surface area contributed by atoms with Gasteiger partial charge in [-0.2, -0.15) is 5.06 Å². The van der Waals surface area contributed by atoms with Crippen LogP contribution in [-0.2, 0) is 14.4 Å². The zero-order chi connectivity index (χ0) is 15.1. The molecule has 2 N–H and O–H groups in total. The van der Waals surface area contributed by atoms with Crippen molar-refractivity contribution in [2.24, 2.45) is 5.41 Å². The van der Waals surface area contributed by atoms with E-state index in [1.54, 1.807) is 6.08 Å². The minimum absolute atomic E-state index is 0.00153. The summed E-state index contributed by atoms with van der Waals surface area (Å²) in [4.78, 5) is 29.2. The van der Waals surface area contributed by atoms with Crippen LogP contribution in [0, 0.1) is 5.41 Å². The molecule has 0 aromatic heterocycles. The molecule has 3 atom stereocenters. The third-order valence-electron chi connectivity index (χ3n) is 3.76. The molecule has 2 rings (SSSR count). The van der Waals surface area contributed by atoms with E-state index >= 15 is 0 Å². The van der Waals surface area contributed by atoms with Gasteiger partial charge in [0.25, 0.3) is 5.91 Å². The quantitative estimate of drug-likeness (QED) is 0.748. The Hall–Kier alpha value is -1.76. The zero-order valence-electron chi connectivity index (χ0n) is 11.4. The lowest BCUT2D eigenvalue weighted by Crippen LogP contribution is -2.54. The zero-order valence-corrected chi connectivity index (χ0v) is 11.4. The van der Waals surface area contributed by atoms with Crippen molar-refractivity contribution in [3.63, 3.8) is 0 Å². The highest BCUT2D eigenvalue weighted by Gasteiger charge is 2.64. The first-order valence-corrected chi connectivity index (χ1v) is 6.29.